The molecule has 6 heteroatoms. The van der Waals surface area contributed by atoms with E-state index >= 15 is 0 Å². The van der Waals surface area contributed by atoms with Gasteiger partial charge in [-0.1, -0.05) is 5.92 Å². The summed E-state index contributed by atoms with van der Waals surface area (Å²) in [6, 6.07) is 11.3. The fourth-order valence-electron chi connectivity index (χ4n) is 2.95. The molecule has 26 heavy (non-hydrogen) atoms. The van der Waals surface area contributed by atoms with E-state index in [0.717, 1.165) is 37.7 Å². The summed E-state index contributed by atoms with van der Waals surface area (Å²) in [4.78, 5) is 10.8. The van der Waals surface area contributed by atoms with Gasteiger partial charge in [-0.05, 0) is 36.4 Å². The topological polar surface area (TPSA) is 50.3 Å². The molecule has 1 fully saturated rings. The summed E-state index contributed by atoms with van der Waals surface area (Å²) in [6.45, 7) is 3.29. The van der Waals surface area contributed by atoms with Gasteiger partial charge in [-0.3, -0.25) is 0 Å². The number of hydrogen-bond acceptors (Lipinski definition) is 5. The first kappa shape index (κ1) is 16.3. The highest BCUT2D eigenvalue weighted by atomic mass is 19.1. The highest BCUT2D eigenvalue weighted by Crippen LogP contribution is 2.23. The van der Waals surface area contributed by atoms with Crippen molar-refractivity contribution in [1.82, 2.24) is 9.97 Å². The number of nitrogens with zero attached hydrogens (tertiary/aromatic N) is 3. The van der Waals surface area contributed by atoms with E-state index in [0.29, 0.717) is 16.9 Å². The lowest BCUT2D eigenvalue weighted by atomic mass is 10.1. The molecule has 1 aliphatic rings. The molecule has 0 atom stereocenters. The van der Waals surface area contributed by atoms with Crippen LogP contribution in [0.1, 0.15) is 5.56 Å². The fourth-order valence-corrected chi connectivity index (χ4v) is 2.95. The van der Waals surface area contributed by atoms with E-state index in [-0.39, 0.29) is 5.56 Å². The zero-order valence-electron chi connectivity index (χ0n) is 14.1. The minimum absolute atomic E-state index is 0.209. The number of rotatable bonds is 3. The molecule has 1 saturated heterocycles. The molecule has 130 valence electrons. The Morgan fingerprint density at radius 2 is 1.88 bits per heavy atom. The molecule has 4 rings (SSSR count). The van der Waals surface area contributed by atoms with Crippen LogP contribution in [0.25, 0.3) is 10.9 Å². The quantitative estimate of drug-likeness (QED) is 0.736. The van der Waals surface area contributed by atoms with Crippen LogP contribution in [0.3, 0.4) is 0 Å². The summed E-state index contributed by atoms with van der Waals surface area (Å²) in [5.41, 5.74) is 2.73. The second-order valence-corrected chi connectivity index (χ2v) is 5.97. The van der Waals surface area contributed by atoms with E-state index in [2.05, 4.69) is 26.1 Å². The van der Waals surface area contributed by atoms with Crippen molar-refractivity contribution in [2.24, 2.45) is 0 Å². The SMILES string of the molecule is C#Cc1ccc2nc(Nc3ccc(N4CCOCC4)cc3)ncc2c1F. The fraction of sp³-hybridized carbons (Fsp3) is 0.200. The predicted molar refractivity (Wildman–Crippen MR) is 100 cm³/mol. The Bertz CT molecular complexity index is 976. The van der Waals surface area contributed by atoms with Crippen molar-refractivity contribution >= 4 is 28.2 Å². The van der Waals surface area contributed by atoms with Crippen LogP contribution in [0.5, 0.6) is 0 Å². The van der Waals surface area contributed by atoms with Crippen LogP contribution in [0.15, 0.2) is 42.6 Å². The predicted octanol–water partition coefficient (Wildman–Crippen LogP) is 3.33. The first-order chi connectivity index (χ1) is 12.7. The third-order valence-electron chi connectivity index (χ3n) is 4.35. The Labute approximate surface area is 150 Å². The normalized spacial score (nSPS) is 14.2. The molecule has 2 aromatic carbocycles. The lowest BCUT2D eigenvalue weighted by Gasteiger charge is -2.28. The first-order valence-corrected chi connectivity index (χ1v) is 8.36. The van der Waals surface area contributed by atoms with E-state index in [4.69, 9.17) is 11.2 Å². The maximum atomic E-state index is 14.2. The lowest BCUT2D eigenvalue weighted by molar-refractivity contribution is 0.122. The summed E-state index contributed by atoms with van der Waals surface area (Å²) in [5.74, 6) is 2.26. The molecule has 3 aromatic rings. The van der Waals surface area contributed by atoms with Crippen molar-refractivity contribution in [3.05, 3.63) is 54.0 Å². The van der Waals surface area contributed by atoms with Crippen LogP contribution in [0.4, 0.5) is 21.7 Å². The number of halogens is 1. The number of hydrogen-bond donors (Lipinski definition) is 1. The molecule has 0 bridgehead atoms. The third-order valence-corrected chi connectivity index (χ3v) is 4.35. The van der Waals surface area contributed by atoms with E-state index in [1.54, 1.807) is 12.1 Å². The van der Waals surface area contributed by atoms with Gasteiger partial charge in [-0.25, -0.2) is 14.4 Å². The Balaban J connectivity index is 1.54. The monoisotopic (exact) mass is 348 g/mol. The molecule has 1 aromatic heterocycles. The minimum atomic E-state index is -0.466. The maximum Gasteiger partial charge on any atom is 0.227 e. The molecular formula is C20H17FN4O. The molecular weight excluding hydrogens is 331 g/mol. The lowest BCUT2D eigenvalue weighted by Crippen LogP contribution is -2.36. The number of aromatic nitrogens is 2. The molecule has 1 aliphatic heterocycles. The van der Waals surface area contributed by atoms with Crippen molar-refractivity contribution in [1.29, 1.82) is 0 Å². The average Bonchev–Trinajstić information content (AvgIpc) is 2.69. The Hall–Kier alpha value is -3.17. The van der Waals surface area contributed by atoms with Gasteiger partial charge in [0.05, 0.1) is 29.7 Å². The zero-order valence-corrected chi connectivity index (χ0v) is 14.1. The zero-order chi connectivity index (χ0) is 17.9. The second-order valence-electron chi connectivity index (χ2n) is 5.97. The van der Waals surface area contributed by atoms with E-state index < -0.39 is 5.82 Å². The Morgan fingerprint density at radius 3 is 2.62 bits per heavy atom. The van der Waals surface area contributed by atoms with Gasteiger partial charge in [0.1, 0.15) is 5.82 Å². The second kappa shape index (κ2) is 6.98. The van der Waals surface area contributed by atoms with Crippen molar-refractivity contribution in [2.75, 3.05) is 36.5 Å². The maximum absolute atomic E-state index is 14.2. The number of benzene rings is 2. The van der Waals surface area contributed by atoms with Crippen LogP contribution in [-0.2, 0) is 4.74 Å². The number of terminal acetylenes is 1. The van der Waals surface area contributed by atoms with E-state index in [9.17, 15) is 4.39 Å². The standard InChI is InChI=1S/C20H17FN4O/c1-2-14-3-8-18-17(19(14)21)13-22-20(24-18)23-15-4-6-16(7-5-15)25-9-11-26-12-10-25/h1,3-8,13H,9-12H2,(H,22,23,24). The van der Waals surface area contributed by atoms with Crippen LogP contribution in [-0.4, -0.2) is 36.3 Å². The molecule has 0 saturated carbocycles. The van der Waals surface area contributed by atoms with Gasteiger partial charge in [0, 0.05) is 30.7 Å². The van der Waals surface area contributed by atoms with Gasteiger partial charge in [0.2, 0.25) is 5.95 Å². The summed E-state index contributed by atoms with van der Waals surface area (Å²) in [6.07, 6.45) is 6.73. The van der Waals surface area contributed by atoms with Crippen molar-refractivity contribution in [2.45, 2.75) is 0 Å². The number of fused-ring (bicyclic) bond motifs is 1. The molecule has 0 unspecified atom stereocenters. The van der Waals surface area contributed by atoms with Gasteiger partial charge in [0.15, 0.2) is 0 Å². The van der Waals surface area contributed by atoms with Gasteiger partial charge in [-0.15, -0.1) is 6.42 Å². The molecule has 0 amide bonds. The highest BCUT2D eigenvalue weighted by molar-refractivity contribution is 5.81. The van der Waals surface area contributed by atoms with Crippen LogP contribution < -0.4 is 10.2 Å². The van der Waals surface area contributed by atoms with Gasteiger partial charge in [-0.2, -0.15) is 0 Å². The smallest absolute Gasteiger partial charge is 0.227 e. The molecule has 0 spiro atoms. The van der Waals surface area contributed by atoms with E-state index in [1.807, 2.05) is 24.3 Å². The minimum Gasteiger partial charge on any atom is -0.378 e. The molecule has 2 heterocycles. The molecule has 5 nitrogen and oxygen atoms in total. The number of nitrogens with one attached hydrogen (secondary N) is 1. The van der Waals surface area contributed by atoms with Crippen LogP contribution >= 0.6 is 0 Å². The van der Waals surface area contributed by atoms with Crippen molar-refractivity contribution in [3.63, 3.8) is 0 Å². The van der Waals surface area contributed by atoms with Crippen molar-refractivity contribution < 1.29 is 9.13 Å². The summed E-state index contributed by atoms with van der Waals surface area (Å²) in [7, 11) is 0. The molecule has 0 aliphatic carbocycles. The number of ether oxygens (including phenoxy) is 1. The third kappa shape index (κ3) is 3.17. The summed E-state index contributed by atoms with van der Waals surface area (Å²) >= 11 is 0. The average molecular weight is 348 g/mol. The summed E-state index contributed by atoms with van der Waals surface area (Å²) in [5, 5.41) is 3.46. The van der Waals surface area contributed by atoms with Gasteiger partial charge >= 0.3 is 0 Å². The van der Waals surface area contributed by atoms with Crippen LogP contribution in [0.2, 0.25) is 0 Å². The Morgan fingerprint density at radius 1 is 1.12 bits per heavy atom. The van der Waals surface area contributed by atoms with E-state index in [1.165, 1.54) is 6.20 Å². The van der Waals surface area contributed by atoms with Gasteiger partial charge < -0.3 is 15.0 Å². The van der Waals surface area contributed by atoms with Crippen LogP contribution in [0, 0.1) is 18.2 Å². The number of anilines is 3. The van der Waals surface area contributed by atoms with Crippen molar-refractivity contribution in [3.8, 4) is 12.3 Å². The summed E-state index contributed by atoms with van der Waals surface area (Å²) < 4.78 is 19.6. The van der Waals surface area contributed by atoms with Gasteiger partial charge in [0.25, 0.3) is 0 Å². The largest absolute Gasteiger partial charge is 0.378 e. The number of morpholine rings is 1. The molecule has 0 radical (unpaired) electrons. The first-order valence-electron chi connectivity index (χ1n) is 8.36. The highest BCUT2D eigenvalue weighted by Gasteiger charge is 2.11. The molecule has 1 N–H and O–H groups in total. The Kier molecular flexibility index (Phi) is 4.38.